The predicted octanol–water partition coefficient (Wildman–Crippen LogP) is 3.75. The van der Waals surface area contributed by atoms with Crippen molar-refractivity contribution in [3.05, 3.63) is 69.9 Å². The molecule has 2 aromatic carbocycles. The number of phosphoric acid groups is 1. The van der Waals surface area contributed by atoms with Crippen molar-refractivity contribution >= 4 is 29.3 Å². The standard InChI is InChI=1S/C22H23ClFN2O8PS/c1-22(2,34-35(28,29)30)10-11-33-20-17(14-4-7-16(8-5-14)36(3,31)32)13-25-26(21(20)27)15-6-9-18(23)19(24)12-15/h4-9,12-13H,10-11H2,1-3H3,(H2,28,29,30). The minimum Gasteiger partial charge on any atom is -0.487 e. The fraction of sp³-hybridized carbons (Fsp3) is 0.273. The van der Waals surface area contributed by atoms with Crippen molar-refractivity contribution in [3.8, 4) is 22.6 Å². The first-order valence-electron chi connectivity index (χ1n) is 10.3. The van der Waals surface area contributed by atoms with Crippen molar-refractivity contribution in [1.29, 1.82) is 0 Å². The third-order valence-corrected chi connectivity index (χ3v) is 7.16. The molecule has 0 aliphatic rings. The van der Waals surface area contributed by atoms with Crippen molar-refractivity contribution in [3.63, 3.8) is 0 Å². The molecule has 0 spiro atoms. The smallest absolute Gasteiger partial charge is 0.470 e. The third-order valence-electron chi connectivity index (χ3n) is 4.99. The lowest BCUT2D eigenvalue weighted by Crippen LogP contribution is -2.28. The van der Waals surface area contributed by atoms with E-state index in [9.17, 15) is 22.2 Å². The first kappa shape index (κ1) is 28.0. The average Bonchev–Trinajstić information content (AvgIpc) is 2.74. The van der Waals surface area contributed by atoms with Gasteiger partial charge in [0, 0.05) is 24.3 Å². The molecule has 0 aliphatic heterocycles. The Labute approximate surface area is 211 Å². The zero-order valence-corrected chi connectivity index (χ0v) is 21.8. The Balaban J connectivity index is 2.04. The summed E-state index contributed by atoms with van der Waals surface area (Å²) in [6.45, 7) is 2.71. The van der Waals surface area contributed by atoms with Crippen molar-refractivity contribution < 1.29 is 36.4 Å². The molecule has 0 saturated heterocycles. The number of nitrogens with zero attached hydrogens (tertiary/aromatic N) is 2. The molecule has 0 radical (unpaired) electrons. The Hall–Kier alpha value is -2.60. The molecule has 0 atom stereocenters. The molecular formula is C22H23ClFN2O8PS. The SMILES string of the molecule is CC(C)(CCOc1c(-c2ccc(S(C)(=O)=O)cc2)cnn(-c2ccc(Cl)c(F)c2)c1=O)OP(=O)(O)O. The lowest BCUT2D eigenvalue weighted by atomic mass is 10.1. The maximum atomic E-state index is 14.0. The van der Waals surface area contributed by atoms with Gasteiger partial charge in [0.05, 0.1) is 34.0 Å². The summed E-state index contributed by atoms with van der Waals surface area (Å²) in [4.78, 5) is 31.6. The van der Waals surface area contributed by atoms with Gasteiger partial charge in [0.2, 0.25) is 0 Å². The molecule has 0 amide bonds. The van der Waals surface area contributed by atoms with Crippen LogP contribution in [-0.2, 0) is 18.9 Å². The van der Waals surface area contributed by atoms with Crippen LogP contribution < -0.4 is 10.3 Å². The number of phosphoric ester groups is 1. The van der Waals surface area contributed by atoms with Crippen LogP contribution in [-0.4, -0.2) is 46.4 Å². The van der Waals surface area contributed by atoms with Crippen molar-refractivity contribution in [2.24, 2.45) is 0 Å². The summed E-state index contributed by atoms with van der Waals surface area (Å²) in [6, 6.07) is 9.37. The number of hydrogen-bond acceptors (Lipinski definition) is 7. The van der Waals surface area contributed by atoms with Crippen LogP contribution in [0.5, 0.6) is 5.75 Å². The number of ether oxygens (including phenoxy) is 1. The van der Waals surface area contributed by atoms with E-state index < -0.39 is 34.6 Å². The number of sulfone groups is 1. The highest BCUT2D eigenvalue weighted by atomic mass is 35.5. The summed E-state index contributed by atoms with van der Waals surface area (Å²) in [7, 11) is -8.22. The lowest BCUT2D eigenvalue weighted by Gasteiger charge is -2.25. The van der Waals surface area contributed by atoms with Crippen LogP contribution >= 0.6 is 19.4 Å². The van der Waals surface area contributed by atoms with Gasteiger partial charge in [-0.2, -0.15) is 9.78 Å². The Kier molecular flexibility index (Phi) is 8.09. The van der Waals surface area contributed by atoms with Gasteiger partial charge in [-0.3, -0.25) is 9.32 Å². The minimum absolute atomic E-state index is 0.0120. The largest absolute Gasteiger partial charge is 0.487 e. The topological polar surface area (TPSA) is 145 Å². The molecule has 0 saturated carbocycles. The number of hydrogen-bond donors (Lipinski definition) is 2. The van der Waals surface area contributed by atoms with E-state index in [2.05, 4.69) is 5.10 Å². The first-order chi connectivity index (χ1) is 16.6. The highest BCUT2D eigenvalue weighted by Crippen LogP contribution is 2.42. The zero-order chi connectivity index (χ0) is 26.9. The Morgan fingerprint density at radius 3 is 2.36 bits per heavy atom. The van der Waals surface area contributed by atoms with Gasteiger partial charge in [-0.1, -0.05) is 23.7 Å². The van der Waals surface area contributed by atoms with E-state index in [1.165, 1.54) is 56.4 Å². The van der Waals surface area contributed by atoms with E-state index in [1.54, 1.807) is 0 Å². The van der Waals surface area contributed by atoms with Crippen LogP contribution in [0.1, 0.15) is 20.3 Å². The van der Waals surface area contributed by atoms with Gasteiger partial charge in [0.25, 0.3) is 0 Å². The van der Waals surface area contributed by atoms with Crippen LogP contribution in [0.2, 0.25) is 5.02 Å². The molecule has 1 aromatic heterocycles. The van der Waals surface area contributed by atoms with Gasteiger partial charge >= 0.3 is 13.4 Å². The summed E-state index contributed by atoms with van der Waals surface area (Å²) in [5.41, 5.74) is -1.32. The third kappa shape index (κ3) is 7.00. The van der Waals surface area contributed by atoms with Gasteiger partial charge in [-0.25, -0.2) is 17.4 Å². The summed E-state index contributed by atoms with van der Waals surface area (Å²) in [6.07, 6.45) is 2.35. The molecule has 3 aromatic rings. The Morgan fingerprint density at radius 2 is 1.81 bits per heavy atom. The molecular weight excluding hydrogens is 538 g/mol. The van der Waals surface area contributed by atoms with E-state index in [0.29, 0.717) is 5.56 Å². The maximum Gasteiger partial charge on any atom is 0.470 e. The highest BCUT2D eigenvalue weighted by Gasteiger charge is 2.29. The molecule has 0 bridgehead atoms. The lowest BCUT2D eigenvalue weighted by molar-refractivity contribution is 0.0461. The molecule has 10 nitrogen and oxygen atoms in total. The summed E-state index contributed by atoms with van der Waals surface area (Å²) >= 11 is 5.73. The van der Waals surface area contributed by atoms with E-state index in [-0.39, 0.29) is 39.9 Å². The summed E-state index contributed by atoms with van der Waals surface area (Å²) in [5.74, 6) is -0.957. The fourth-order valence-corrected chi connectivity index (χ4v) is 4.72. The number of rotatable bonds is 9. The van der Waals surface area contributed by atoms with Crippen molar-refractivity contribution in [1.82, 2.24) is 9.78 Å². The van der Waals surface area contributed by atoms with Crippen LogP contribution in [0.15, 0.2) is 58.4 Å². The van der Waals surface area contributed by atoms with Gasteiger partial charge in [-0.05, 0) is 43.7 Å². The van der Waals surface area contributed by atoms with E-state index in [4.69, 9.17) is 30.6 Å². The van der Waals surface area contributed by atoms with Gasteiger partial charge < -0.3 is 14.5 Å². The van der Waals surface area contributed by atoms with Crippen LogP contribution in [0.25, 0.3) is 16.8 Å². The predicted molar refractivity (Wildman–Crippen MR) is 131 cm³/mol. The van der Waals surface area contributed by atoms with E-state index >= 15 is 0 Å². The Morgan fingerprint density at radius 1 is 1.17 bits per heavy atom. The molecule has 14 heteroatoms. The summed E-state index contributed by atoms with van der Waals surface area (Å²) < 4.78 is 60.2. The quantitative estimate of drug-likeness (QED) is 0.374. The van der Waals surface area contributed by atoms with Gasteiger partial charge in [0.15, 0.2) is 15.6 Å². The molecule has 0 aliphatic carbocycles. The minimum atomic E-state index is -4.77. The second-order valence-electron chi connectivity index (χ2n) is 8.44. The molecule has 0 fully saturated rings. The molecule has 0 unspecified atom stereocenters. The first-order valence-corrected chi connectivity index (χ1v) is 14.1. The summed E-state index contributed by atoms with van der Waals surface area (Å²) in [5, 5.41) is 3.96. The second-order valence-corrected chi connectivity index (χ2v) is 12.0. The van der Waals surface area contributed by atoms with Crippen LogP contribution in [0, 0.1) is 5.82 Å². The highest BCUT2D eigenvalue weighted by molar-refractivity contribution is 7.90. The van der Waals surface area contributed by atoms with Crippen LogP contribution in [0.4, 0.5) is 4.39 Å². The fourth-order valence-electron chi connectivity index (χ4n) is 3.23. The number of aromatic nitrogens is 2. The molecule has 1 heterocycles. The zero-order valence-electron chi connectivity index (χ0n) is 19.4. The second kappa shape index (κ2) is 10.4. The normalized spacial score (nSPS) is 12.5. The maximum absolute atomic E-state index is 14.0. The van der Waals surface area contributed by atoms with Gasteiger partial charge in [0.1, 0.15) is 5.82 Å². The van der Waals surface area contributed by atoms with E-state index in [0.717, 1.165) is 17.0 Å². The van der Waals surface area contributed by atoms with Crippen LogP contribution in [0.3, 0.4) is 0 Å². The van der Waals surface area contributed by atoms with Crippen molar-refractivity contribution in [2.75, 3.05) is 12.9 Å². The average molecular weight is 561 g/mol. The molecule has 3 rings (SSSR count). The number of benzene rings is 2. The molecule has 194 valence electrons. The molecule has 2 N–H and O–H groups in total. The Bertz CT molecular complexity index is 1490. The number of halogens is 2. The van der Waals surface area contributed by atoms with Crippen molar-refractivity contribution in [2.45, 2.75) is 30.8 Å². The monoisotopic (exact) mass is 560 g/mol. The molecule has 36 heavy (non-hydrogen) atoms. The van der Waals surface area contributed by atoms with E-state index in [1.807, 2.05) is 0 Å². The van der Waals surface area contributed by atoms with Gasteiger partial charge in [-0.15, -0.1) is 0 Å².